The fraction of sp³-hybridized carbons (Fsp3) is 0.750. The van der Waals surface area contributed by atoms with Crippen LogP contribution in [-0.2, 0) is 19.2 Å². The maximum atomic E-state index is 12.7. The highest BCUT2D eigenvalue weighted by Gasteiger charge is 2.37. The van der Waals surface area contributed by atoms with E-state index in [1.165, 1.54) is 11.8 Å². The first-order chi connectivity index (χ1) is 11.4. The number of carbonyl (C=O) groups excluding carboxylic acids is 3. The molecule has 1 unspecified atom stereocenters. The van der Waals surface area contributed by atoms with Crippen molar-refractivity contribution in [3.05, 3.63) is 0 Å². The predicted octanol–water partition coefficient (Wildman–Crippen LogP) is 1.26. The molecule has 0 aliphatic carbocycles. The number of thioether (sulfide) groups is 1. The van der Waals surface area contributed by atoms with E-state index in [1.807, 2.05) is 6.92 Å². The minimum Gasteiger partial charge on any atom is -0.480 e. The molecule has 1 fully saturated rings. The van der Waals surface area contributed by atoms with Gasteiger partial charge in [-0.25, -0.2) is 4.79 Å². The molecule has 8 heteroatoms. The Kier molecular flexibility index (Phi) is 8.81. The molecule has 7 nitrogen and oxygen atoms in total. The Bertz CT molecular complexity index is 483. The van der Waals surface area contributed by atoms with Crippen LogP contribution in [0.2, 0.25) is 0 Å². The van der Waals surface area contributed by atoms with Gasteiger partial charge in [-0.05, 0) is 19.3 Å². The Hall–Kier alpha value is -1.57. The van der Waals surface area contributed by atoms with Gasteiger partial charge in [0.1, 0.15) is 6.04 Å². The van der Waals surface area contributed by atoms with Crippen LogP contribution in [0.4, 0.5) is 0 Å². The van der Waals surface area contributed by atoms with Crippen molar-refractivity contribution in [3.8, 4) is 0 Å². The molecule has 136 valence electrons. The number of hydrogen-bond donors (Lipinski definition) is 2. The lowest BCUT2D eigenvalue weighted by Crippen LogP contribution is -2.45. The summed E-state index contributed by atoms with van der Waals surface area (Å²) >= 11 is 0.993. The van der Waals surface area contributed by atoms with E-state index in [0.29, 0.717) is 25.9 Å². The number of unbranched alkanes of at least 4 members (excludes halogenated alkanes) is 1. The number of carbonyl (C=O) groups is 4. The molecule has 1 saturated heterocycles. The summed E-state index contributed by atoms with van der Waals surface area (Å²) in [7, 11) is 0. The summed E-state index contributed by atoms with van der Waals surface area (Å²) in [6.45, 7) is 4.36. The molecule has 0 bridgehead atoms. The molecule has 24 heavy (non-hydrogen) atoms. The zero-order valence-corrected chi connectivity index (χ0v) is 15.1. The number of carboxylic acids is 1. The van der Waals surface area contributed by atoms with E-state index in [-0.39, 0.29) is 29.1 Å². The molecule has 0 spiro atoms. The molecular formula is C16H26N2O5S. The topological polar surface area (TPSA) is 104 Å². The fourth-order valence-electron chi connectivity index (χ4n) is 2.66. The highest BCUT2D eigenvalue weighted by atomic mass is 32.2. The minimum atomic E-state index is -1.02. The van der Waals surface area contributed by atoms with Crippen LogP contribution >= 0.6 is 11.8 Å². The van der Waals surface area contributed by atoms with E-state index < -0.39 is 17.9 Å². The number of hydrogen-bond acceptors (Lipinski definition) is 5. The standard InChI is InChI=1S/C16H26N2O5S/c1-3-4-7-17-14(20)9-12(10-24-11(2)19)15(21)18-8-5-6-13(18)16(22)23/h12-13H,3-10H2,1-2H3,(H,17,20)(H,22,23)/t12?,13-/m0/s1. The van der Waals surface area contributed by atoms with Crippen molar-refractivity contribution in [2.45, 2.75) is 52.0 Å². The molecule has 0 aromatic rings. The van der Waals surface area contributed by atoms with Crippen molar-refractivity contribution in [1.82, 2.24) is 10.2 Å². The molecule has 2 N–H and O–H groups in total. The molecule has 2 amide bonds. The molecule has 0 aromatic carbocycles. The Morgan fingerprint density at radius 1 is 1.33 bits per heavy atom. The van der Waals surface area contributed by atoms with Crippen LogP contribution in [0.3, 0.4) is 0 Å². The van der Waals surface area contributed by atoms with Crippen LogP contribution in [0.15, 0.2) is 0 Å². The number of carboxylic acid groups (broad SMARTS) is 1. The first kappa shape index (κ1) is 20.5. The van der Waals surface area contributed by atoms with Crippen molar-refractivity contribution < 1.29 is 24.3 Å². The monoisotopic (exact) mass is 358 g/mol. The molecule has 1 rings (SSSR count). The Morgan fingerprint density at radius 2 is 2.04 bits per heavy atom. The summed E-state index contributed by atoms with van der Waals surface area (Å²) in [6, 6.07) is -0.828. The minimum absolute atomic E-state index is 0.0222. The lowest BCUT2D eigenvalue weighted by molar-refractivity contribution is -0.150. The number of nitrogens with zero attached hydrogens (tertiary/aromatic N) is 1. The van der Waals surface area contributed by atoms with E-state index in [0.717, 1.165) is 24.6 Å². The van der Waals surface area contributed by atoms with Crippen molar-refractivity contribution in [3.63, 3.8) is 0 Å². The van der Waals surface area contributed by atoms with Gasteiger partial charge >= 0.3 is 5.97 Å². The van der Waals surface area contributed by atoms with Crippen LogP contribution in [-0.4, -0.2) is 57.8 Å². The summed E-state index contributed by atoms with van der Waals surface area (Å²) in [5, 5.41) is 11.9. The van der Waals surface area contributed by atoms with Gasteiger partial charge in [-0.2, -0.15) is 0 Å². The van der Waals surface area contributed by atoms with Crippen LogP contribution in [0, 0.1) is 5.92 Å². The van der Waals surface area contributed by atoms with Gasteiger partial charge in [-0.15, -0.1) is 0 Å². The molecule has 1 aliphatic rings. The Morgan fingerprint density at radius 3 is 2.62 bits per heavy atom. The van der Waals surface area contributed by atoms with Crippen LogP contribution in [0.25, 0.3) is 0 Å². The molecule has 1 heterocycles. The first-order valence-electron chi connectivity index (χ1n) is 8.30. The zero-order chi connectivity index (χ0) is 18.1. The number of amides is 2. The van der Waals surface area contributed by atoms with Gasteiger partial charge in [0.05, 0.1) is 5.92 Å². The Labute approximate surface area is 146 Å². The summed E-state index contributed by atoms with van der Waals surface area (Å²) < 4.78 is 0. The summed E-state index contributed by atoms with van der Waals surface area (Å²) in [5.74, 6) is -2.10. The van der Waals surface area contributed by atoms with Crippen molar-refractivity contribution in [1.29, 1.82) is 0 Å². The number of nitrogens with one attached hydrogen (secondary N) is 1. The average Bonchev–Trinajstić information content (AvgIpc) is 3.00. The molecule has 0 saturated carbocycles. The van der Waals surface area contributed by atoms with Crippen LogP contribution in [0.5, 0.6) is 0 Å². The third kappa shape index (κ3) is 6.51. The maximum absolute atomic E-state index is 12.7. The van der Waals surface area contributed by atoms with Crippen molar-refractivity contribution >= 4 is 34.7 Å². The van der Waals surface area contributed by atoms with E-state index in [1.54, 1.807) is 0 Å². The molecule has 0 radical (unpaired) electrons. The smallest absolute Gasteiger partial charge is 0.326 e. The maximum Gasteiger partial charge on any atom is 0.326 e. The first-order valence-corrected chi connectivity index (χ1v) is 9.28. The van der Waals surface area contributed by atoms with E-state index >= 15 is 0 Å². The summed E-state index contributed by atoms with van der Waals surface area (Å²) in [5.41, 5.74) is 0. The number of rotatable bonds is 9. The Balaban J connectivity index is 2.72. The van der Waals surface area contributed by atoms with Gasteiger partial charge < -0.3 is 15.3 Å². The lowest BCUT2D eigenvalue weighted by Gasteiger charge is -2.26. The quantitative estimate of drug-likeness (QED) is 0.602. The van der Waals surface area contributed by atoms with E-state index in [4.69, 9.17) is 0 Å². The van der Waals surface area contributed by atoms with Gasteiger partial charge in [0.2, 0.25) is 11.8 Å². The second-order valence-electron chi connectivity index (χ2n) is 5.94. The number of likely N-dealkylation sites (tertiary alicyclic amines) is 1. The second-order valence-corrected chi connectivity index (χ2v) is 7.13. The average molecular weight is 358 g/mol. The summed E-state index contributed by atoms with van der Waals surface area (Å²) in [6.07, 6.45) is 2.86. The fourth-order valence-corrected chi connectivity index (χ4v) is 3.35. The predicted molar refractivity (Wildman–Crippen MR) is 91.5 cm³/mol. The van der Waals surface area contributed by atoms with Crippen molar-refractivity contribution in [2.75, 3.05) is 18.8 Å². The molecular weight excluding hydrogens is 332 g/mol. The van der Waals surface area contributed by atoms with Gasteiger partial charge in [-0.1, -0.05) is 25.1 Å². The van der Waals surface area contributed by atoms with Crippen LogP contribution in [0.1, 0.15) is 46.0 Å². The third-order valence-electron chi connectivity index (χ3n) is 3.94. The third-order valence-corrected chi connectivity index (χ3v) is 4.92. The normalized spacial score (nSPS) is 18.2. The van der Waals surface area contributed by atoms with Crippen molar-refractivity contribution in [2.24, 2.45) is 5.92 Å². The van der Waals surface area contributed by atoms with Gasteiger partial charge in [0.15, 0.2) is 5.12 Å². The lowest BCUT2D eigenvalue weighted by atomic mass is 10.0. The zero-order valence-electron chi connectivity index (χ0n) is 14.2. The molecule has 1 aliphatic heterocycles. The number of aliphatic carboxylic acids is 1. The van der Waals surface area contributed by atoms with Gasteiger partial charge in [-0.3, -0.25) is 14.4 Å². The highest BCUT2D eigenvalue weighted by Crippen LogP contribution is 2.23. The molecule has 0 aromatic heterocycles. The van der Waals surface area contributed by atoms with Gasteiger partial charge in [0, 0.05) is 32.2 Å². The largest absolute Gasteiger partial charge is 0.480 e. The van der Waals surface area contributed by atoms with E-state index in [2.05, 4.69) is 5.32 Å². The molecule has 2 atom stereocenters. The highest BCUT2D eigenvalue weighted by molar-refractivity contribution is 8.13. The van der Waals surface area contributed by atoms with E-state index in [9.17, 15) is 24.3 Å². The van der Waals surface area contributed by atoms with Crippen LogP contribution < -0.4 is 5.32 Å². The second kappa shape index (κ2) is 10.3. The van der Waals surface area contributed by atoms with Gasteiger partial charge in [0.25, 0.3) is 0 Å². The SMILES string of the molecule is CCCCNC(=O)CC(CSC(C)=O)C(=O)N1CCC[C@H]1C(=O)O. The summed E-state index contributed by atoms with van der Waals surface area (Å²) in [4.78, 5) is 48.5.